The normalized spacial score (nSPS) is 45.0. The van der Waals surface area contributed by atoms with E-state index in [1.54, 1.807) is 0 Å². The van der Waals surface area contributed by atoms with Gasteiger partial charge in [-0.25, -0.2) is 0 Å². The highest BCUT2D eigenvalue weighted by Crippen LogP contribution is 2.11. The molecule has 0 saturated carbocycles. The molecule has 0 unspecified atom stereocenters. The van der Waals surface area contributed by atoms with Crippen molar-refractivity contribution in [2.45, 2.75) is 31.6 Å². The van der Waals surface area contributed by atoms with Crippen molar-refractivity contribution in [3.8, 4) is 0 Å². The molecule has 1 fully saturated rings. The summed E-state index contributed by atoms with van der Waals surface area (Å²) in [4.78, 5) is 0. The Kier molecular flexibility index (Phi) is 2.05. The van der Waals surface area contributed by atoms with E-state index in [-0.39, 0.29) is 12.1 Å². The summed E-state index contributed by atoms with van der Waals surface area (Å²) in [6, 6.07) is -0.0891. The number of aliphatic hydroxyl groups is 1. The van der Waals surface area contributed by atoms with Gasteiger partial charge >= 0.3 is 0 Å². The highest BCUT2D eigenvalue weighted by atomic mass is 16.5. The maximum Gasteiger partial charge on any atom is 0.0950 e. The summed E-state index contributed by atoms with van der Waals surface area (Å²) in [5, 5.41) is 9.20. The monoisotopic (exact) mass is 131 g/mol. The SMILES string of the molecule is C[C@@H]1OCC[C@H](N)[C@H]1O. The molecule has 0 aromatic carbocycles. The molecule has 1 aliphatic rings. The van der Waals surface area contributed by atoms with Crippen LogP contribution >= 0.6 is 0 Å². The minimum atomic E-state index is -0.473. The molecule has 1 aliphatic heterocycles. The molecular formula is C6H13NO2. The molecule has 9 heavy (non-hydrogen) atoms. The Morgan fingerprint density at radius 2 is 2.33 bits per heavy atom. The average molecular weight is 131 g/mol. The number of rotatable bonds is 0. The van der Waals surface area contributed by atoms with E-state index in [1.807, 2.05) is 6.92 Å². The molecule has 0 spiro atoms. The van der Waals surface area contributed by atoms with Gasteiger partial charge in [-0.1, -0.05) is 0 Å². The van der Waals surface area contributed by atoms with Crippen LogP contribution < -0.4 is 5.73 Å². The second kappa shape index (κ2) is 2.64. The van der Waals surface area contributed by atoms with Gasteiger partial charge < -0.3 is 15.6 Å². The van der Waals surface area contributed by atoms with Gasteiger partial charge in [-0.15, -0.1) is 0 Å². The molecular weight excluding hydrogens is 118 g/mol. The zero-order chi connectivity index (χ0) is 6.85. The number of hydrogen-bond donors (Lipinski definition) is 2. The molecule has 1 heterocycles. The van der Waals surface area contributed by atoms with Gasteiger partial charge in [0, 0.05) is 12.6 Å². The van der Waals surface area contributed by atoms with Crippen LogP contribution in [0.4, 0.5) is 0 Å². The molecule has 1 saturated heterocycles. The van der Waals surface area contributed by atoms with Crippen LogP contribution in [-0.2, 0) is 4.74 Å². The maximum absolute atomic E-state index is 9.20. The van der Waals surface area contributed by atoms with E-state index in [4.69, 9.17) is 10.5 Å². The summed E-state index contributed by atoms with van der Waals surface area (Å²) < 4.78 is 5.13. The van der Waals surface area contributed by atoms with E-state index in [9.17, 15) is 5.11 Å². The van der Waals surface area contributed by atoms with E-state index < -0.39 is 6.10 Å². The minimum Gasteiger partial charge on any atom is -0.389 e. The minimum absolute atomic E-state index is 0.0891. The number of nitrogens with two attached hydrogens (primary N) is 1. The lowest BCUT2D eigenvalue weighted by atomic mass is 10.0. The second-order valence-corrected chi connectivity index (χ2v) is 2.52. The Bertz CT molecular complexity index is 87.1. The maximum atomic E-state index is 9.20. The van der Waals surface area contributed by atoms with Crippen LogP contribution in [-0.4, -0.2) is 30.0 Å². The summed E-state index contributed by atoms with van der Waals surface area (Å²) in [5.41, 5.74) is 5.54. The van der Waals surface area contributed by atoms with E-state index in [0.29, 0.717) is 6.61 Å². The molecule has 1 rings (SSSR count). The second-order valence-electron chi connectivity index (χ2n) is 2.52. The molecule has 0 amide bonds. The third-order valence-corrected chi connectivity index (χ3v) is 1.75. The highest BCUT2D eigenvalue weighted by molar-refractivity contribution is 4.80. The van der Waals surface area contributed by atoms with Crippen molar-refractivity contribution in [3.05, 3.63) is 0 Å². The first kappa shape index (κ1) is 6.99. The lowest BCUT2D eigenvalue weighted by molar-refractivity contribution is -0.0739. The number of hydrogen-bond acceptors (Lipinski definition) is 3. The zero-order valence-corrected chi connectivity index (χ0v) is 5.58. The van der Waals surface area contributed by atoms with Crippen molar-refractivity contribution in [2.24, 2.45) is 5.73 Å². The van der Waals surface area contributed by atoms with E-state index in [2.05, 4.69) is 0 Å². The Morgan fingerprint density at radius 1 is 1.67 bits per heavy atom. The van der Waals surface area contributed by atoms with E-state index in [0.717, 1.165) is 6.42 Å². The van der Waals surface area contributed by atoms with Crippen LogP contribution in [0.2, 0.25) is 0 Å². The lowest BCUT2D eigenvalue weighted by Gasteiger charge is -2.30. The van der Waals surface area contributed by atoms with Crippen molar-refractivity contribution < 1.29 is 9.84 Å². The molecule has 0 aromatic rings. The third kappa shape index (κ3) is 1.41. The first-order valence-corrected chi connectivity index (χ1v) is 3.27. The first-order valence-electron chi connectivity index (χ1n) is 3.27. The van der Waals surface area contributed by atoms with Gasteiger partial charge in [-0.05, 0) is 13.3 Å². The van der Waals surface area contributed by atoms with Crippen LogP contribution in [0, 0.1) is 0 Å². The predicted octanol–water partition coefficient (Wildman–Crippen LogP) is -0.517. The Morgan fingerprint density at radius 3 is 2.78 bits per heavy atom. The molecule has 3 N–H and O–H groups in total. The quantitative estimate of drug-likeness (QED) is 0.465. The molecule has 0 aliphatic carbocycles. The van der Waals surface area contributed by atoms with Crippen molar-refractivity contribution in [1.82, 2.24) is 0 Å². The van der Waals surface area contributed by atoms with Crippen molar-refractivity contribution in [3.63, 3.8) is 0 Å². The van der Waals surface area contributed by atoms with Gasteiger partial charge in [-0.2, -0.15) is 0 Å². The Labute approximate surface area is 54.8 Å². The summed E-state index contributed by atoms with van der Waals surface area (Å²) in [6.07, 6.45) is 0.207. The van der Waals surface area contributed by atoms with Crippen LogP contribution in [0.25, 0.3) is 0 Å². The Balaban J connectivity index is 2.41. The fourth-order valence-corrected chi connectivity index (χ4v) is 1.01. The van der Waals surface area contributed by atoms with Crippen LogP contribution in [0.1, 0.15) is 13.3 Å². The summed E-state index contributed by atoms with van der Waals surface area (Å²) >= 11 is 0. The van der Waals surface area contributed by atoms with Crippen molar-refractivity contribution in [2.75, 3.05) is 6.61 Å². The van der Waals surface area contributed by atoms with Gasteiger partial charge in [0.05, 0.1) is 12.2 Å². The summed E-state index contributed by atoms with van der Waals surface area (Å²) in [7, 11) is 0. The topological polar surface area (TPSA) is 55.5 Å². The van der Waals surface area contributed by atoms with Crippen LogP contribution in [0.5, 0.6) is 0 Å². The Hall–Kier alpha value is -0.120. The standard InChI is InChI=1S/C6H13NO2/c1-4-6(8)5(7)2-3-9-4/h4-6,8H,2-3,7H2,1H3/t4-,5-,6-/m0/s1. The number of aliphatic hydroxyl groups excluding tert-OH is 1. The van der Waals surface area contributed by atoms with Gasteiger partial charge in [0.2, 0.25) is 0 Å². The van der Waals surface area contributed by atoms with E-state index >= 15 is 0 Å². The molecule has 3 nitrogen and oxygen atoms in total. The molecule has 0 bridgehead atoms. The first-order chi connectivity index (χ1) is 4.22. The zero-order valence-electron chi connectivity index (χ0n) is 5.58. The van der Waals surface area contributed by atoms with E-state index in [1.165, 1.54) is 0 Å². The van der Waals surface area contributed by atoms with Crippen LogP contribution in [0.15, 0.2) is 0 Å². The van der Waals surface area contributed by atoms with Crippen LogP contribution in [0.3, 0.4) is 0 Å². The molecule has 3 atom stereocenters. The molecule has 54 valence electrons. The summed E-state index contributed by atoms with van der Waals surface area (Å²) in [6.45, 7) is 2.52. The average Bonchev–Trinajstić information content (AvgIpc) is 1.83. The fourth-order valence-electron chi connectivity index (χ4n) is 1.01. The highest BCUT2D eigenvalue weighted by Gasteiger charge is 2.26. The van der Waals surface area contributed by atoms with Crippen molar-refractivity contribution >= 4 is 0 Å². The molecule has 0 radical (unpaired) electrons. The molecule has 0 aromatic heterocycles. The molecule has 3 heteroatoms. The lowest BCUT2D eigenvalue weighted by Crippen LogP contribution is -2.47. The number of ether oxygens (including phenoxy) is 1. The largest absolute Gasteiger partial charge is 0.389 e. The van der Waals surface area contributed by atoms with Gasteiger partial charge in [0.25, 0.3) is 0 Å². The van der Waals surface area contributed by atoms with Gasteiger partial charge in [0.1, 0.15) is 0 Å². The fraction of sp³-hybridized carbons (Fsp3) is 1.00. The summed E-state index contributed by atoms with van der Waals surface area (Å²) in [5.74, 6) is 0. The third-order valence-electron chi connectivity index (χ3n) is 1.75. The smallest absolute Gasteiger partial charge is 0.0950 e. The van der Waals surface area contributed by atoms with Crippen molar-refractivity contribution in [1.29, 1.82) is 0 Å². The predicted molar refractivity (Wildman–Crippen MR) is 34.0 cm³/mol. The van der Waals surface area contributed by atoms with Gasteiger partial charge in [-0.3, -0.25) is 0 Å². The van der Waals surface area contributed by atoms with Gasteiger partial charge in [0.15, 0.2) is 0 Å².